The second-order valence-electron chi connectivity index (χ2n) is 8.87. The van der Waals surface area contributed by atoms with E-state index >= 15 is 0 Å². The molecule has 0 heterocycles. The lowest BCUT2D eigenvalue weighted by atomic mass is 9.62. The summed E-state index contributed by atoms with van der Waals surface area (Å²) in [5.74, 6) is 3.57. The standard InChI is InChI=1S/C20H43N3O/c1-10-12(2)13(3)14(4)15(5)16(6)17(7)20(8,9)19(22)18(11-21)23-24/h12-19H,10-11,21-22H2,1-9H3. The van der Waals surface area contributed by atoms with Crippen LogP contribution in [0.2, 0.25) is 0 Å². The van der Waals surface area contributed by atoms with E-state index in [2.05, 4.69) is 67.5 Å². The summed E-state index contributed by atoms with van der Waals surface area (Å²) in [4.78, 5) is 11.0. The van der Waals surface area contributed by atoms with Crippen molar-refractivity contribution in [3.05, 3.63) is 4.91 Å². The van der Waals surface area contributed by atoms with Crippen LogP contribution in [0.15, 0.2) is 5.18 Å². The lowest BCUT2D eigenvalue weighted by Crippen LogP contribution is -2.53. The van der Waals surface area contributed by atoms with Crippen molar-refractivity contribution in [2.24, 2.45) is 57.6 Å². The lowest BCUT2D eigenvalue weighted by molar-refractivity contribution is 0.0576. The molecule has 0 saturated heterocycles. The third-order valence-electron chi connectivity index (χ3n) is 7.64. The van der Waals surface area contributed by atoms with Crippen LogP contribution < -0.4 is 11.5 Å². The Hall–Kier alpha value is -0.480. The minimum absolute atomic E-state index is 0.190. The molecule has 0 aromatic carbocycles. The Bertz CT molecular complexity index is 372. The minimum Gasteiger partial charge on any atom is -0.328 e. The van der Waals surface area contributed by atoms with Crippen LogP contribution in [0.5, 0.6) is 0 Å². The normalized spacial score (nSPS) is 22.8. The van der Waals surface area contributed by atoms with Gasteiger partial charge in [0.05, 0.1) is 0 Å². The van der Waals surface area contributed by atoms with E-state index in [1.807, 2.05) is 0 Å². The van der Waals surface area contributed by atoms with E-state index in [0.717, 1.165) is 5.92 Å². The molecule has 0 aliphatic rings. The van der Waals surface area contributed by atoms with E-state index in [-0.39, 0.29) is 18.0 Å². The van der Waals surface area contributed by atoms with Crippen LogP contribution in [0.3, 0.4) is 0 Å². The second-order valence-corrected chi connectivity index (χ2v) is 8.87. The molecule has 8 unspecified atom stereocenters. The summed E-state index contributed by atoms with van der Waals surface area (Å²) in [6, 6.07) is -0.826. The first-order valence-electron chi connectivity index (χ1n) is 9.75. The summed E-state index contributed by atoms with van der Waals surface area (Å²) in [6.07, 6.45) is 1.22. The molecule has 4 nitrogen and oxygen atoms in total. The average Bonchev–Trinajstić information content (AvgIpc) is 2.58. The highest BCUT2D eigenvalue weighted by Crippen LogP contribution is 2.43. The molecule has 24 heavy (non-hydrogen) atoms. The van der Waals surface area contributed by atoms with E-state index in [0.29, 0.717) is 29.6 Å². The van der Waals surface area contributed by atoms with Crippen LogP contribution in [0.1, 0.15) is 68.7 Å². The Labute approximate surface area is 150 Å². The first-order valence-corrected chi connectivity index (χ1v) is 9.75. The molecule has 8 atom stereocenters. The summed E-state index contributed by atoms with van der Waals surface area (Å²) in [7, 11) is 0. The number of nitroso groups, excluding NO2 is 1. The predicted molar refractivity (Wildman–Crippen MR) is 106 cm³/mol. The summed E-state index contributed by atoms with van der Waals surface area (Å²) in [5, 5.41) is 3.16. The third-order valence-corrected chi connectivity index (χ3v) is 7.64. The fourth-order valence-corrected chi connectivity index (χ4v) is 4.04. The number of rotatable bonds is 11. The van der Waals surface area contributed by atoms with Gasteiger partial charge >= 0.3 is 0 Å². The molecular weight excluding hydrogens is 298 g/mol. The van der Waals surface area contributed by atoms with E-state index in [4.69, 9.17) is 11.5 Å². The fourth-order valence-electron chi connectivity index (χ4n) is 4.04. The molecule has 0 spiro atoms. The molecular formula is C20H43N3O. The number of nitrogens with zero attached hydrogens (tertiary/aromatic N) is 1. The van der Waals surface area contributed by atoms with Crippen LogP contribution in [-0.4, -0.2) is 18.6 Å². The van der Waals surface area contributed by atoms with Gasteiger partial charge in [-0.2, -0.15) is 4.91 Å². The van der Waals surface area contributed by atoms with Crippen LogP contribution in [0.25, 0.3) is 0 Å². The van der Waals surface area contributed by atoms with Gasteiger partial charge in [0.2, 0.25) is 0 Å². The predicted octanol–water partition coefficient (Wildman–Crippen LogP) is 4.66. The molecule has 144 valence electrons. The Kier molecular flexibility index (Phi) is 9.66. The first kappa shape index (κ1) is 23.5. The van der Waals surface area contributed by atoms with Crippen molar-refractivity contribution in [2.75, 3.05) is 6.54 Å². The maximum absolute atomic E-state index is 11.0. The Morgan fingerprint density at radius 3 is 1.75 bits per heavy atom. The number of hydrogen-bond donors (Lipinski definition) is 2. The zero-order valence-electron chi connectivity index (χ0n) is 17.5. The van der Waals surface area contributed by atoms with Gasteiger partial charge in [0.25, 0.3) is 0 Å². The van der Waals surface area contributed by atoms with Crippen molar-refractivity contribution in [1.29, 1.82) is 0 Å². The second kappa shape index (κ2) is 9.86. The smallest absolute Gasteiger partial charge is 0.120 e. The highest BCUT2D eigenvalue weighted by molar-refractivity contribution is 4.96. The molecule has 4 heteroatoms. The molecule has 0 aromatic heterocycles. The van der Waals surface area contributed by atoms with Gasteiger partial charge in [-0.05, 0) is 40.9 Å². The van der Waals surface area contributed by atoms with Crippen molar-refractivity contribution in [3.8, 4) is 0 Å². The Morgan fingerprint density at radius 2 is 1.38 bits per heavy atom. The third kappa shape index (κ3) is 5.26. The number of nitrogens with two attached hydrogens (primary N) is 2. The van der Waals surface area contributed by atoms with Gasteiger partial charge in [-0.15, -0.1) is 0 Å². The van der Waals surface area contributed by atoms with E-state index in [9.17, 15) is 4.91 Å². The highest BCUT2D eigenvalue weighted by Gasteiger charge is 2.42. The largest absolute Gasteiger partial charge is 0.328 e. The Morgan fingerprint density at radius 1 is 0.917 bits per heavy atom. The molecule has 0 aliphatic heterocycles. The van der Waals surface area contributed by atoms with Crippen LogP contribution >= 0.6 is 0 Å². The molecule has 0 radical (unpaired) electrons. The summed E-state index contributed by atoms with van der Waals surface area (Å²) in [5.41, 5.74) is 11.9. The van der Waals surface area contributed by atoms with Crippen molar-refractivity contribution < 1.29 is 0 Å². The van der Waals surface area contributed by atoms with E-state index in [1.165, 1.54) is 6.42 Å². The van der Waals surface area contributed by atoms with Gasteiger partial charge in [0, 0.05) is 12.6 Å². The van der Waals surface area contributed by atoms with Crippen molar-refractivity contribution in [1.82, 2.24) is 0 Å². The maximum Gasteiger partial charge on any atom is 0.120 e. The van der Waals surface area contributed by atoms with Gasteiger partial charge < -0.3 is 11.5 Å². The quantitative estimate of drug-likeness (QED) is 0.536. The van der Waals surface area contributed by atoms with Crippen LogP contribution in [0.4, 0.5) is 0 Å². The van der Waals surface area contributed by atoms with Gasteiger partial charge in [-0.3, -0.25) is 0 Å². The van der Waals surface area contributed by atoms with Crippen molar-refractivity contribution in [3.63, 3.8) is 0 Å². The molecule has 0 aliphatic carbocycles. The van der Waals surface area contributed by atoms with E-state index < -0.39 is 6.04 Å². The highest BCUT2D eigenvalue weighted by atomic mass is 16.3. The monoisotopic (exact) mass is 341 g/mol. The summed E-state index contributed by atoms with van der Waals surface area (Å²) < 4.78 is 0. The molecule has 0 bridgehead atoms. The first-order chi connectivity index (χ1) is 11.0. The van der Waals surface area contributed by atoms with Gasteiger partial charge in [-0.1, -0.05) is 73.9 Å². The SMILES string of the molecule is CCC(C)C(C)C(C)C(C)C(C)C(C)C(C)(C)C(N)C(CN)N=O. The fraction of sp³-hybridized carbons (Fsp3) is 1.00. The maximum atomic E-state index is 11.0. The Balaban J connectivity index is 5.19. The van der Waals surface area contributed by atoms with Gasteiger partial charge in [0.15, 0.2) is 0 Å². The van der Waals surface area contributed by atoms with Crippen molar-refractivity contribution in [2.45, 2.75) is 80.8 Å². The molecule has 0 saturated carbocycles. The summed E-state index contributed by atoms with van der Waals surface area (Å²) in [6.45, 7) is 20.9. The lowest BCUT2D eigenvalue weighted by Gasteiger charge is -2.45. The molecule has 0 rings (SSSR count). The van der Waals surface area contributed by atoms with Crippen LogP contribution in [-0.2, 0) is 0 Å². The molecule has 0 amide bonds. The minimum atomic E-state index is -0.513. The van der Waals surface area contributed by atoms with Crippen molar-refractivity contribution >= 4 is 0 Å². The molecule has 0 aromatic rings. The topological polar surface area (TPSA) is 81.5 Å². The average molecular weight is 342 g/mol. The molecule has 0 fully saturated rings. The zero-order chi connectivity index (χ0) is 19.2. The van der Waals surface area contributed by atoms with Crippen LogP contribution in [0, 0.1) is 45.8 Å². The zero-order valence-corrected chi connectivity index (χ0v) is 17.5. The van der Waals surface area contributed by atoms with Gasteiger partial charge in [-0.25, -0.2) is 0 Å². The van der Waals surface area contributed by atoms with E-state index in [1.54, 1.807) is 0 Å². The molecule has 4 N–H and O–H groups in total. The van der Waals surface area contributed by atoms with Gasteiger partial charge in [0.1, 0.15) is 6.04 Å². The number of hydrogen-bond acceptors (Lipinski definition) is 4. The summed E-state index contributed by atoms with van der Waals surface area (Å²) >= 11 is 0.